The van der Waals surface area contributed by atoms with Crippen molar-refractivity contribution in [2.45, 2.75) is 12.6 Å². The number of hydrogen-bond acceptors (Lipinski definition) is 1. The molecule has 12 heavy (non-hydrogen) atoms. The number of rotatable bonds is 2. The van der Waals surface area contributed by atoms with Crippen molar-refractivity contribution < 1.29 is 13.2 Å². The van der Waals surface area contributed by atoms with Gasteiger partial charge >= 0.3 is 6.18 Å². The first-order valence-electron chi connectivity index (χ1n) is 3.93. The molecule has 0 bridgehead atoms. The highest BCUT2D eigenvalue weighted by Gasteiger charge is 2.33. The van der Waals surface area contributed by atoms with Gasteiger partial charge in [-0.05, 0) is 18.9 Å². The molecule has 0 spiro atoms. The molecule has 1 atom stereocenters. The van der Waals surface area contributed by atoms with Crippen LogP contribution in [-0.4, -0.2) is 30.7 Å². The number of likely N-dealkylation sites (tertiary alicyclic amines) is 1. The van der Waals surface area contributed by atoms with Crippen LogP contribution in [0, 0.1) is 5.92 Å². The fourth-order valence-electron chi connectivity index (χ4n) is 1.45. The van der Waals surface area contributed by atoms with Gasteiger partial charge < -0.3 is 0 Å². The van der Waals surface area contributed by atoms with E-state index in [-0.39, 0.29) is 5.92 Å². The first kappa shape index (κ1) is 9.58. The SMILES string of the molecule is C=C[C@H]1CCN(CC(F)(F)F)C1. The van der Waals surface area contributed by atoms with Crippen molar-refractivity contribution >= 4 is 0 Å². The van der Waals surface area contributed by atoms with Crippen molar-refractivity contribution in [1.82, 2.24) is 4.90 Å². The minimum Gasteiger partial charge on any atom is -0.294 e. The molecule has 0 aromatic rings. The molecule has 0 radical (unpaired) electrons. The summed E-state index contributed by atoms with van der Waals surface area (Å²) in [4.78, 5) is 1.42. The monoisotopic (exact) mass is 179 g/mol. The summed E-state index contributed by atoms with van der Waals surface area (Å²) in [5.41, 5.74) is 0. The highest BCUT2D eigenvalue weighted by atomic mass is 19.4. The number of nitrogens with zero attached hydrogens (tertiary/aromatic N) is 1. The average Bonchev–Trinajstić information content (AvgIpc) is 2.32. The van der Waals surface area contributed by atoms with Gasteiger partial charge in [0, 0.05) is 6.54 Å². The van der Waals surface area contributed by atoms with E-state index in [1.807, 2.05) is 0 Å². The van der Waals surface area contributed by atoms with Crippen LogP contribution in [0.2, 0.25) is 0 Å². The Morgan fingerprint density at radius 2 is 2.17 bits per heavy atom. The topological polar surface area (TPSA) is 3.24 Å². The molecule has 1 saturated heterocycles. The van der Waals surface area contributed by atoms with E-state index in [1.165, 1.54) is 4.90 Å². The molecular weight excluding hydrogens is 167 g/mol. The van der Waals surface area contributed by atoms with Crippen LogP contribution >= 0.6 is 0 Å². The first-order valence-corrected chi connectivity index (χ1v) is 3.93. The Morgan fingerprint density at radius 3 is 2.58 bits per heavy atom. The van der Waals surface area contributed by atoms with Crippen molar-refractivity contribution in [3.63, 3.8) is 0 Å². The minimum atomic E-state index is -4.06. The van der Waals surface area contributed by atoms with Gasteiger partial charge in [-0.3, -0.25) is 4.90 Å². The largest absolute Gasteiger partial charge is 0.401 e. The second kappa shape index (κ2) is 3.47. The highest BCUT2D eigenvalue weighted by Crippen LogP contribution is 2.22. The standard InChI is InChI=1S/C8H12F3N/c1-2-7-3-4-12(5-7)6-8(9,10)11/h2,7H,1,3-6H2/t7-/m0/s1. The normalized spacial score (nSPS) is 26.1. The molecule has 1 nitrogen and oxygen atoms in total. The fraction of sp³-hybridized carbons (Fsp3) is 0.750. The second-order valence-electron chi connectivity index (χ2n) is 3.13. The molecule has 1 heterocycles. The Bertz CT molecular complexity index is 164. The number of halogens is 3. The van der Waals surface area contributed by atoms with Crippen molar-refractivity contribution in [2.24, 2.45) is 5.92 Å². The Labute approximate surface area is 69.9 Å². The summed E-state index contributed by atoms with van der Waals surface area (Å²) in [5, 5.41) is 0. The number of alkyl halides is 3. The molecule has 0 aliphatic carbocycles. The molecule has 70 valence electrons. The Morgan fingerprint density at radius 1 is 1.50 bits per heavy atom. The van der Waals surface area contributed by atoms with Crippen molar-refractivity contribution in [3.8, 4) is 0 Å². The van der Waals surface area contributed by atoms with E-state index in [9.17, 15) is 13.2 Å². The summed E-state index contributed by atoms with van der Waals surface area (Å²) >= 11 is 0. The molecule has 1 aliphatic rings. The van der Waals surface area contributed by atoms with Crippen molar-refractivity contribution in [1.29, 1.82) is 0 Å². The molecule has 0 aromatic carbocycles. The van der Waals surface area contributed by atoms with Gasteiger partial charge in [0.25, 0.3) is 0 Å². The van der Waals surface area contributed by atoms with Crippen LogP contribution in [0.1, 0.15) is 6.42 Å². The summed E-state index contributed by atoms with van der Waals surface area (Å²) in [5.74, 6) is 0.243. The molecule has 0 aromatic heterocycles. The van der Waals surface area contributed by atoms with Crippen molar-refractivity contribution in [3.05, 3.63) is 12.7 Å². The number of hydrogen-bond donors (Lipinski definition) is 0. The predicted molar refractivity (Wildman–Crippen MR) is 40.8 cm³/mol. The Hall–Kier alpha value is -0.510. The van der Waals surface area contributed by atoms with Gasteiger partial charge in [0.1, 0.15) is 0 Å². The molecule has 0 saturated carbocycles. The third-order valence-electron chi connectivity index (χ3n) is 2.05. The van der Waals surface area contributed by atoms with Gasteiger partial charge in [-0.15, -0.1) is 6.58 Å². The van der Waals surface area contributed by atoms with Gasteiger partial charge in [-0.25, -0.2) is 0 Å². The lowest BCUT2D eigenvalue weighted by Crippen LogP contribution is -2.32. The van der Waals surface area contributed by atoms with Gasteiger partial charge in [-0.1, -0.05) is 6.08 Å². The quantitative estimate of drug-likeness (QED) is 0.586. The summed E-state index contributed by atoms with van der Waals surface area (Å²) < 4.78 is 35.6. The van der Waals surface area contributed by atoms with Gasteiger partial charge in [0.05, 0.1) is 6.54 Å². The zero-order valence-electron chi connectivity index (χ0n) is 6.77. The van der Waals surface area contributed by atoms with Crippen molar-refractivity contribution in [2.75, 3.05) is 19.6 Å². The van der Waals surface area contributed by atoms with Crippen LogP contribution in [0.5, 0.6) is 0 Å². The average molecular weight is 179 g/mol. The molecule has 4 heteroatoms. The van der Waals surface area contributed by atoms with Gasteiger partial charge in [0.15, 0.2) is 0 Å². The zero-order valence-corrected chi connectivity index (χ0v) is 6.77. The third-order valence-corrected chi connectivity index (χ3v) is 2.05. The summed E-state index contributed by atoms with van der Waals surface area (Å²) in [6.45, 7) is 3.83. The van der Waals surface area contributed by atoms with Crippen LogP contribution in [0.25, 0.3) is 0 Å². The van der Waals surface area contributed by atoms with E-state index in [4.69, 9.17) is 0 Å². The smallest absolute Gasteiger partial charge is 0.294 e. The maximum atomic E-state index is 11.9. The fourth-order valence-corrected chi connectivity index (χ4v) is 1.45. The van der Waals surface area contributed by atoms with Crippen LogP contribution in [0.15, 0.2) is 12.7 Å². The van der Waals surface area contributed by atoms with E-state index in [1.54, 1.807) is 6.08 Å². The van der Waals surface area contributed by atoms with Gasteiger partial charge in [0.2, 0.25) is 0 Å². The Balaban J connectivity index is 2.33. The molecule has 1 fully saturated rings. The third kappa shape index (κ3) is 2.85. The van der Waals surface area contributed by atoms with E-state index in [0.29, 0.717) is 13.1 Å². The molecule has 1 aliphatic heterocycles. The lowest BCUT2D eigenvalue weighted by molar-refractivity contribution is -0.143. The van der Waals surface area contributed by atoms with E-state index >= 15 is 0 Å². The highest BCUT2D eigenvalue weighted by molar-refractivity contribution is 4.87. The second-order valence-corrected chi connectivity index (χ2v) is 3.13. The lowest BCUT2D eigenvalue weighted by atomic mass is 10.1. The molecule has 0 unspecified atom stereocenters. The Kier molecular flexibility index (Phi) is 2.77. The summed E-state index contributed by atoms with van der Waals surface area (Å²) in [6.07, 6.45) is -1.52. The van der Waals surface area contributed by atoms with E-state index in [0.717, 1.165) is 6.42 Å². The molecular formula is C8H12F3N. The van der Waals surface area contributed by atoms with Crippen LogP contribution in [0.4, 0.5) is 13.2 Å². The summed E-state index contributed by atoms with van der Waals surface area (Å²) in [6, 6.07) is 0. The maximum Gasteiger partial charge on any atom is 0.401 e. The lowest BCUT2D eigenvalue weighted by Gasteiger charge is -2.16. The predicted octanol–water partition coefficient (Wildman–Crippen LogP) is 2.06. The van der Waals surface area contributed by atoms with E-state index < -0.39 is 12.7 Å². The minimum absolute atomic E-state index is 0.243. The zero-order chi connectivity index (χ0) is 9.19. The first-order chi connectivity index (χ1) is 5.51. The van der Waals surface area contributed by atoms with E-state index in [2.05, 4.69) is 6.58 Å². The maximum absolute atomic E-state index is 11.9. The van der Waals surface area contributed by atoms with Crippen LogP contribution < -0.4 is 0 Å². The van der Waals surface area contributed by atoms with Gasteiger partial charge in [-0.2, -0.15) is 13.2 Å². The molecule has 0 amide bonds. The van der Waals surface area contributed by atoms with Crippen LogP contribution in [-0.2, 0) is 0 Å². The summed E-state index contributed by atoms with van der Waals surface area (Å²) in [7, 11) is 0. The van der Waals surface area contributed by atoms with Crippen LogP contribution in [0.3, 0.4) is 0 Å². The molecule has 0 N–H and O–H groups in total. The molecule has 1 rings (SSSR count).